The van der Waals surface area contributed by atoms with Gasteiger partial charge in [-0.15, -0.1) is 0 Å². The summed E-state index contributed by atoms with van der Waals surface area (Å²) in [6.45, 7) is 3.10. The SMILES string of the molecule is O=C1NCC2(CCN(CCOC(c3ccccc3)c3ccccc3F)CC2)C1=O. The van der Waals surface area contributed by atoms with Crippen molar-refractivity contribution in [2.45, 2.75) is 18.9 Å². The molecule has 1 spiro atoms. The summed E-state index contributed by atoms with van der Waals surface area (Å²) >= 11 is 0. The fourth-order valence-electron chi connectivity index (χ4n) is 4.24. The van der Waals surface area contributed by atoms with Gasteiger partial charge in [0.2, 0.25) is 5.78 Å². The van der Waals surface area contributed by atoms with Gasteiger partial charge in [-0.3, -0.25) is 9.59 Å². The minimum atomic E-state index is -0.520. The van der Waals surface area contributed by atoms with Crippen LogP contribution in [0.25, 0.3) is 0 Å². The Hall–Kier alpha value is -2.57. The van der Waals surface area contributed by atoms with Crippen molar-refractivity contribution in [2.24, 2.45) is 5.41 Å². The highest BCUT2D eigenvalue weighted by atomic mass is 19.1. The molecule has 4 rings (SSSR count). The Morgan fingerprint density at radius 3 is 2.38 bits per heavy atom. The van der Waals surface area contributed by atoms with Crippen LogP contribution in [0.2, 0.25) is 0 Å². The van der Waals surface area contributed by atoms with Crippen molar-refractivity contribution in [3.63, 3.8) is 0 Å². The first-order chi connectivity index (χ1) is 14.1. The molecule has 152 valence electrons. The molecule has 1 unspecified atom stereocenters. The third kappa shape index (κ3) is 4.09. The number of carbonyl (C=O) groups is 2. The van der Waals surface area contributed by atoms with Crippen LogP contribution >= 0.6 is 0 Å². The Labute approximate surface area is 169 Å². The average Bonchev–Trinajstić information content (AvgIpc) is 3.03. The van der Waals surface area contributed by atoms with E-state index < -0.39 is 17.4 Å². The molecule has 2 aromatic rings. The lowest BCUT2D eigenvalue weighted by molar-refractivity contribution is -0.140. The number of rotatable bonds is 6. The van der Waals surface area contributed by atoms with Crippen molar-refractivity contribution in [1.29, 1.82) is 0 Å². The van der Waals surface area contributed by atoms with Crippen LogP contribution in [0.4, 0.5) is 4.39 Å². The molecule has 6 heteroatoms. The maximum absolute atomic E-state index is 14.4. The lowest BCUT2D eigenvalue weighted by atomic mass is 9.77. The van der Waals surface area contributed by atoms with Gasteiger partial charge in [0.25, 0.3) is 5.91 Å². The number of ether oxygens (including phenoxy) is 1. The molecule has 2 saturated heterocycles. The highest BCUT2D eigenvalue weighted by Crippen LogP contribution is 2.35. The molecule has 0 aliphatic carbocycles. The van der Waals surface area contributed by atoms with E-state index >= 15 is 0 Å². The van der Waals surface area contributed by atoms with Crippen LogP contribution in [-0.2, 0) is 14.3 Å². The van der Waals surface area contributed by atoms with Crippen LogP contribution in [0.3, 0.4) is 0 Å². The number of hydrogen-bond acceptors (Lipinski definition) is 4. The first kappa shape index (κ1) is 19.7. The summed E-state index contributed by atoms with van der Waals surface area (Å²) < 4.78 is 20.5. The Bertz CT molecular complexity index is 879. The minimum Gasteiger partial charge on any atom is -0.367 e. The molecule has 0 bridgehead atoms. The van der Waals surface area contributed by atoms with E-state index in [0.29, 0.717) is 38.1 Å². The zero-order valence-electron chi connectivity index (χ0n) is 16.3. The van der Waals surface area contributed by atoms with Gasteiger partial charge in [-0.2, -0.15) is 0 Å². The standard InChI is InChI=1S/C23H25FN2O3/c24-19-9-5-4-8-18(19)20(17-6-2-1-3-7-17)29-15-14-26-12-10-23(11-13-26)16-25-22(28)21(23)27/h1-9,20H,10-16H2,(H,25,28). The summed E-state index contributed by atoms with van der Waals surface area (Å²) in [4.78, 5) is 25.9. The van der Waals surface area contributed by atoms with Crippen LogP contribution in [0.5, 0.6) is 0 Å². The van der Waals surface area contributed by atoms with Crippen molar-refractivity contribution in [2.75, 3.05) is 32.8 Å². The second-order valence-corrected chi connectivity index (χ2v) is 7.82. The van der Waals surface area contributed by atoms with E-state index in [2.05, 4.69) is 10.2 Å². The molecule has 0 saturated carbocycles. The Morgan fingerprint density at radius 1 is 1.03 bits per heavy atom. The van der Waals surface area contributed by atoms with E-state index in [0.717, 1.165) is 18.7 Å². The average molecular weight is 396 g/mol. The number of likely N-dealkylation sites (tertiary alicyclic amines) is 1. The number of carbonyl (C=O) groups excluding carboxylic acids is 2. The summed E-state index contributed by atoms with van der Waals surface area (Å²) in [5, 5.41) is 2.68. The van der Waals surface area contributed by atoms with Gasteiger partial charge in [-0.25, -0.2) is 4.39 Å². The Morgan fingerprint density at radius 2 is 1.72 bits per heavy atom. The molecular formula is C23H25FN2O3. The van der Waals surface area contributed by atoms with Gasteiger partial charge in [-0.1, -0.05) is 48.5 Å². The number of nitrogens with one attached hydrogen (secondary N) is 1. The zero-order valence-corrected chi connectivity index (χ0v) is 16.3. The number of amides is 1. The molecule has 1 amide bonds. The van der Waals surface area contributed by atoms with Gasteiger partial charge in [-0.05, 0) is 37.6 Å². The van der Waals surface area contributed by atoms with Crippen molar-refractivity contribution in [3.8, 4) is 0 Å². The van der Waals surface area contributed by atoms with E-state index in [1.165, 1.54) is 6.07 Å². The number of ketones is 1. The van der Waals surface area contributed by atoms with Crippen LogP contribution in [-0.4, -0.2) is 49.4 Å². The smallest absolute Gasteiger partial charge is 0.288 e. The number of benzene rings is 2. The maximum Gasteiger partial charge on any atom is 0.288 e. The van der Waals surface area contributed by atoms with Crippen LogP contribution < -0.4 is 5.32 Å². The first-order valence-corrected chi connectivity index (χ1v) is 10.0. The quantitative estimate of drug-likeness (QED) is 0.763. The van der Waals surface area contributed by atoms with Gasteiger partial charge < -0.3 is 15.0 Å². The summed E-state index contributed by atoms with van der Waals surface area (Å²) in [6.07, 6.45) is 0.895. The molecule has 0 radical (unpaired) electrons. The van der Waals surface area contributed by atoms with Gasteiger partial charge in [0.05, 0.1) is 12.0 Å². The molecule has 1 N–H and O–H groups in total. The van der Waals surface area contributed by atoms with E-state index in [1.807, 2.05) is 36.4 Å². The first-order valence-electron chi connectivity index (χ1n) is 10.0. The number of halogens is 1. The summed E-state index contributed by atoms with van der Waals surface area (Å²) in [5.41, 5.74) is 0.919. The fourth-order valence-corrected chi connectivity index (χ4v) is 4.24. The molecule has 5 nitrogen and oxygen atoms in total. The molecule has 2 aliphatic heterocycles. The summed E-state index contributed by atoms with van der Waals surface area (Å²) in [6, 6.07) is 16.4. The van der Waals surface area contributed by atoms with Gasteiger partial charge >= 0.3 is 0 Å². The maximum atomic E-state index is 14.4. The predicted octanol–water partition coefficient (Wildman–Crippen LogP) is 2.71. The van der Waals surface area contributed by atoms with Crippen LogP contribution in [0.15, 0.2) is 54.6 Å². The normalized spacial score (nSPS) is 20.0. The van der Waals surface area contributed by atoms with Crippen molar-refractivity contribution in [1.82, 2.24) is 10.2 Å². The predicted molar refractivity (Wildman–Crippen MR) is 107 cm³/mol. The summed E-state index contributed by atoms with van der Waals surface area (Å²) in [5.74, 6) is -0.993. The fraction of sp³-hybridized carbons (Fsp3) is 0.391. The molecule has 2 aliphatic rings. The highest BCUT2D eigenvalue weighted by molar-refractivity contribution is 6.40. The van der Waals surface area contributed by atoms with E-state index in [-0.39, 0.29) is 11.6 Å². The van der Waals surface area contributed by atoms with Gasteiger partial charge in [0.1, 0.15) is 11.9 Å². The molecule has 2 heterocycles. The van der Waals surface area contributed by atoms with E-state index in [1.54, 1.807) is 12.1 Å². The Balaban J connectivity index is 1.36. The number of hydrogen-bond donors (Lipinski definition) is 1. The van der Waals surface area contributed by atoms with Crippen molar-refractivity contribution >= 4 is 11.7 Å². The summed E-state index contributed by atoms with van der Waals surface area (Å²) in [7, 11) is 0. The van der Waals surface area contributed by atoms with Crippen LogP contribution in [0, 0.1) is 11.2 Å². The number of nitrogens with zero attached hydrogens (tertiary/aromatic N) is 1. The number of Topliss-reactive ketones (excluding diaryl/α,β-unsaturated/α-hetero) is 1. The number of piperidine rings is 1. The molecule has 2 fully saturated rings. The molecule has 1 atom stereocenters. The van der Waals surface area contributed by atoms with Crippen molar-refractivity contribution in [3.05, 3.63) is 71.5 Å². The third-order valence-corrected chi connectivity index (χ3v) is 6.07. The van der Waals surface area contributed by atoms with Crippen molar-refractivity contribution < 1.29 is 18.7 Å². The molecule has 2 aromatic carbocycles. The van der Waals surface area contributed by atoms with Crippen LogP contribution in [0.1, 0.15) is 30.1 Å². The second kappa shape index (κ2) is 8.43. The lowest BCUT2D eigenvalue weighted by Crippen LogP contribution is -2.45. The highest BCUT2D eigenvalue weighted by Gasteiger charge is 2.48. The largest absolute Gasteiger partial charge is 0.367 e. The second-order valence-electron chi connectivity index (χ2n) is 7.82. The zero-order chi connectivity index (χ0) is 20.3. The Kier molecular flexibility index (Phi) is 5.74. The van der Waals surface area contributed by atoms with Gasteiger partial charge in [0, 0.05) is 18.7 Å². The van der Waals surface area contributed by atoms with E-state index in [4.69, 9.17) is 4.74 Å². The topological polar surface area (TPSA) is 58.6 Å². The third-order valence-electron chi connectivity index (χ3n) is 6.07. The van der Waals surface area contributed by atoms with Gasteiger partial charge in [0.15, 0.2) is 0 Å². The monoisotopic (exact) mass is 396 g/mol. The van der Waals surface area contributed by atoms with E-state index in [9.17, 15) is 14.0 Å². The molecule has 29 heavy (non-hydrogen) atoms. The minimum absolute atomic E-state index is 0.267. The molecular weight excluding hydrogens is 371 g/mol. The lowest BCUT2D eigenvalue weighted by Gasteiger charge is -2.37. The molecule has 0 aromatic heterocycles.